The van der Waals surface area contributed by atoms with Crippen molar-refractivity contribution < 1.29 is 34.8 Å². The molecule has 1 aromatic rings. The van der Waals surface area contributed by atoms with Crippen molar-refractivity contribution >= 4 is 29.7 Å². The topological polar surface area (TPSA) is 164 Å². The standard InChI is InChI=1S/C16H28N4S.C6H8O7/c1-3-11-21-16-17-12-15(13-18-16)14-19(2)9-10-20-7-5-4-6-8-20;7-3(8)1-6(13,5(11)12)2-4(9)10/h12-13H,3-11,14H2,1-2H3;13H,1-2H2,(H,7,8)(H,9,10)(H,11,12). The molecule has 2 rings (SSSR count). The predicted molar refractivity (Wildman–Crippen MR) is 127 cm³/mol. The lowest BCUT2D eigenvalue weighted by Crippen LogP contribution is -2.42. The van der Waals surface area contributed by atoms with Crippen LogP contribution in [0.2, 0.25) is 0 Å². The number of hydrogen-bond acceptors (Lipinski definition) is 9. The minimum Gasteiger partial charge on any atom is -0.481 e. The molecule has 12 heteroatoms. The van der Waals surface area contributed by atoms with E-state index in [-0.39, 0.29) is 0 Å². The van der Waals surface area contributed by atoms with E-state index >= 15 is 0 Å². The minimum absolute atomic E-state index is 0.900. The highest BCUT2D eigenvalue weighted by atomic mass is 32.2. The maximum absolute atomic E-state index is 10.3. The molecule has 4 N–H and O–H groups in total. The number of aliphatic carboxylic acids is 3. The average molecular weight is 501 g/mol. The molecule has 0 aromatic carbocycles. The number of piperidine rings is 1. The highest BCUT2D eigenvalue weighted by molar-refractivity contribution is 7.99. The summed E-state index contributed by atoms with van der Waals surface area (Å²) in [6.45, 7) is 7.97. The summed E-state index contributed by atoms with van der Waals surface area (Å²) in [5, 5.41) is 34.7. The molecule has 0 radical (unpaired) electrons. The largest absolute Gasteiger partial charge is 0.481 e. The van der Waals surface area contributed by atoms with E-state index in [0.29, 0.717) is 0 Å². The summed E-state index contributed by atoms with van der Waals surface area (Å²) < 4.78 is 0. The molecule has 2 heterocycles. The quantitative estimate of drug-likeness (QED) is 0.229. The Hall–Kier alpha value is -2.28. The first-order valence-electron chi connectivity index (χ1n) is 11.3. The maximum atomic E-state index is 10.3. The first kappa shape index (κ1) is 29.8. The molecule has 0 amide bonds. The molecule has 34 heavy (non-hydrogen) atoms. The van der Waals surface area contributed by atoms with Crippen LogP contribution >= 0.6 is 11.8 Å². The molecule has 1 aromatic heterocycles. The predicted octanol–water partition coefficient (Wildman–Crippen LogP) is 1.65. The molecule has 1 aliphatic rings. The summed E-state index contributed by atoms with van der Waals surface area (Å²) in [7, 11) is 2.18. The summed E-state index contributed by atoms with van der Waals surface area (Å²) in [6, 6.07) is 0. The van der Waals surface area contributed by atoms with Gasteiger partial charge >= 0.3 is 17.9 Å². The summed E-state index contributed by atoms with van der Waals surface area (Å²) in [5.74, 6) is -3.93. The zero-order valence-electron chi connectivity index (χ0n) is 19.9. The lowest BCUT2D eigenvalue weighted by molar-refractivity contribution is -0.170. The first-order chi connectivity index (χ1) is 16.1. The Morgan fingerprint density at radius 2 is 1.62 bits per heavy atom. The lowest BCUT2D eigenvalue weighted by Gasteiger charge is -2.28. The van der Waals surface area contributed by atoms with Crippen molar-refractivity contribution in [1.29, 1.82) is 0 Å². The van der Waals surface area contributed by atoms with Gasteiger partial charge in [-0.05, 0) is 39.4 Å². The molecule has 11 nitrogen and oxygen atoms in total. The summed E-state index contributed by atoms with van der Waals surface area (Å²) in [5.41, 5.74) is -1.53. The number of hydrogen-bond donors (Lipinski definition) is 4. The van der Waals surface area contributed by atoms with E-state index in [1.54, 1.807) is 11.8 Å². The Bertz CT molecular complexity index is 757. The highest BCUT2D eigenvalue weighted by Crippen LogP contribution is 2.16. The maximum Gasteiger partial charge on any atom is 0.336 e. The number of nitrogens with zero attached hydrogens (tertiary/aromatic N) is 4. The van der Waals surface area contributed by atoms with Gasteiger partial charge in [0.1, 0.15) is 0 Å². The summed E-state index contributed by atoms with van der Waals surface area (Å²) in [4.78, 5) is 44.3. The third kappa shape index (κ3) is 12.3. The summed E-state index contributed by atoms with van der Waals surface area (Å²) in [6.07, 6.45) is 6.97. The smallest absolute Gasteiger partial charge is 0.336 e. The molecule has 0 aliphatic carbocycles. The summed E-state index contributed by atoms with van der Waals surface area (Å²) >= 11 is 1.73. The van der Waals surface area contributed by atoms with Gasteiger partial charge in [0, 0.05) is 43.3 Å². The van der Waals surface area contributed by atoms with Crippen molar-refractivity contribution in [2.24, 2.45) is 0 Å². The van der Waals surface area contributed by atoms with E-state index in [4.69, 9.17) is 20.4 Å². The van der Waals surface area contributed by atoms with Gasteiger partial charge in [-0.3, -0.25) is 9.59 Å². The van der Waals surface area contributed by atoms with Crippen LogP contribution in [0, 0.1) is 0 Å². The fraction of sp³-hybridized carbons (Fsp3) is 0.682. The molecule has 0 atom stereocenters. The van der Waals surface area contributed by atoms with Crippen molar-refractivity contribution in [1.82, 2.24) is 19.8 Å². The third-order valence-corrected chi connectivity index (χ3v) is 6.18. The molecule has 192 valence electrons. The number of thioether (sulfide) groups is 1. The zero-order chi connectivity index (χ0) is 25.6. The Balaban J connectivity index is 0.000000385. The number of likely N-dealkylation sites (N-methyl/N-ethyl adjacent to an activating group) is 1. The highest BCUT2D eigenvalue weighted by Gasteiger charge is 2.40. The molecule has 1 aliphatic heterocycles. The molecule has 0 bridgehead atoms. The van der Waals surface area contributed by atoms with Crippen molar-refractivity contribution in [2.45, 2.75) is 62.8 Å². The van der Waals surface area contributed by atoms with Gasteiger partial charge in [0.05, 0.1) is 12.8 Å². The van der Waals surface area contributed by atoms with Crippen LogP contribution in [0.3, 0.4) is 0 Å². The second-order valence-electron chi connectivity index (χ2n) is 8.34. The molecular formula is C22H36N4O7S. The Labute approximate surface area is 204 Å². The fourth-order valence-corrected chi connectivity index (χ4v) is 3.93. The van der Waals surface area contributed by atoms with Gasteiger partial charge in [0.15, 0.2) is 10.8 Å². The number of rotatable bonds is 13. The van der Waals surface area contributed by atoms with E-state index in [1.807, 2.05) is 12.4 Å². The van der Waals surface area contributed by atoms with E-state index in [9.17, 15) is 14.4 Å². The van der Waals surface area contributed by atoms with Gasteiger partial charge in [0.2, 0.25) is 0 Å². The van der Waals surface area contributed by atoms with Crippen LogP contribution in [0.5, 0.6) is 0 Å². The first-order valence-corrected chi connectivity index (χ1v) is 12.3. The van der Waals surface area contributed by atoms with E-state index in [1.165, 1.54) is 44.5 Å². The average Bonchev–Trinajstić information content (AvgIpc) is 2.77. The Kier molecular flexibility index (Phi) is 13.6. The number of likely N-dealkylation sites (tertiary alicyclic amines) is 1. The van der Waals surface area contributed by atoms with Gasteiger partial charge in [-0.15, -0.1) is 0 Å². The van der Waals surface area contributed by atoms with Crippen LogP contribution in [-0.4, -0.2) is 103 Å². The second kappa shape index (κ2) is 15.6. The molecule has 1 saturated heterocycles. The third-order valence-electron chi connectivity index (χ3n) is 5.10. The SMILES string of the molecule is CCCSc1ncc(CN(C)CCN2CCCCC2)cn1.O=C(O)CC(O)(CC(=O)O)C(=O)O. The number of carbonyl (C=O) groups is 3. The van der Waals surface area contributed by atoms with Crippen molar-refractivity contribution in [2.75, 3.05) is 39.0 Å². The second-order valence-corrected chi connectivity index (χ2v) is 9.40. The minimum atomic E-state index is -2.74. The zero-order valence-corrected chi connectivity index (χ0v) is 20.7. The van der Waals surface area contributed by atoms with Crippen LogP contribution in [0.1, 0.15) is 51.0 Å². The van der Waals surface area contributed by atoms with Gasteiger partial charge in [-0.1, -0.05) is 25.1 Å². The van der Waals surface area contributed by atoms with Crippen LogP contribution in [-0.2, 0) is 20.9 Å². The molecular weight excluding hydrogens is 464 g/mol. The van der Waals surface area contributed by atoms with Gasteiger partial charge < -0.3 is 30.2 Å². The van der Waals surface area contributed by atoms with Gasteiger partial charge in [0.25, 0.3) is 0 Å². The van der Waals surface area contributed by atoms with Gasteiger partial charge in [-0.2, -0.15) is 0 Å². The van der Waals surface area contributed by atoms with E-state index in [0.717, 1.165) is 30.4 Å². The number of carboxylic acids is 3. The van der Waals surface area contributed by atoms with Gasteiger partial charge in [-0.25, -0.2) is 14.8 Å². The molecule has 0 unspecified atom stereocenters. The van der Waals surface area contributed by atoms with Crippen LogP contribution in [0.4, 0.5) is 0 Å². The monoisotopic (exact) mass is 500 g/mol. The van der Waals surface area contributed by atoms with Crippen LogP contribution in [0.15, 0.2) is 17.6 Å². The molecule has 1 fully saturated rings. The Morgan fingerprint density at radius 3 is 2.09 bits per heavy atom. The normalized spacial score (nSPS) is 14.4. The fourth-order valence-electron chi connectivity index (χ4n) is 3.29. The van der Waals surface area contributed by atoms with Crippen molar-refractivity contribution in [3.05, 3.63) is 18.0 Å². The Morgan fingerprint density at radius 1 is 1.06 bits per heavy atom. The van der Waals surface area contributed by atoms with Crippen molar-refractivity contribution in [3.63, 3.8) is 0 Å². The van der Waals surface area contributed by atoms with Crippen LogP contribution < -0.4 is 0 Å². The number of aromatic nitrogens is 2. The number of carboxylic acid groups (broad SMARTS) is 3. The molecule has 0 spiro atoms. The molecule has 0 saturated carbocycles. The lowest BCUT2D eigenvalue weighted by atomic mass is 9.96. The van der Waals surface area contributed by atoms with Crippen LogP contribution in [0.25, 0.3) is 0 Å². The van der Waals surface area contributed by atoms with E-state index < -0.39 is 36.4 Å². The van der Waals surface area contributed by atoms with E-state index in [2.05, 4.69) is 33.7 Å². The van der Waals surface area contributed by atoms with Crippen molar-refractivity contribution in [3.8, 4) is 0 Å². The number of aliphatic hydroxyl groups is 1.